The van der Waals surface area contributed by atoms with Gasteiger partial charge in [0, 0.05) is 36.4 Å². The summed E-state index contributed by atoms with van der Waals surface area (Å²) in [6.45, 7) is 5.94. The van der Waals surface area contributed by atoms with Crippen LogP contribution in [0.5, 0.6) is 0 Å². The van der Waals surface area contributed by atoms with Crippen LogP contribution in [0.2, 0.25) is 0 Å². The lowest BCUT2D eigenvalue weighted by atomic mass is 10.0. The molecule has 1 aliphatic heterocycles. The summed E-state index contributed by atoms with van der Waals surface area (Å²) in [5.41, 5.74) is 7.92. The Labute approximate surface area is 113 Å². The molecule has 1 aromatic heterocycles. The van der Waals surface area contributed by atoms with Gasteiger partial charge in [-0.15, -0.1) is 0 Å². The van der Waals surface area contributed by atoms with Gasteiger partial charge in [0.15, 0.2) is 0 Å². The molecule has 5 heteroatoms. The van der Waals surface area contributed by atoms with Gasteiger partial charge >= 0.3 is 0 Å². The number of nitrogens with two attached hydrogens (primary N) is 1. The molecule has 0 aliphatic carbocycles. The van der Waals surface area contributed by atoms with Crippen molar-refractivity contribution in [2.75, 3.05) is 25.1 Å². The summed E-state index contributed by atoms with van der Waals surface area (Å²) in [5.74, 6) is 3.62. The maximum Gasteiger partial charge on any atom is 0.146 e. The third-order valence-corrected chi connectivity index (χ3v) is 4.40. The van der Waals surface area contributed by atoms with E-state index in [1.165, 1.54) is 5.75 Å². The molecule has 1 aromatic rings. The molecule has 18 heavy (non-hydrogen) atoms. The van der Waals surface area contributed by atoms with Gasteiger partial charge in [0.25, 0.3) is 0 Å². The highest BCUT2D eigenvalue weighted by Gasteiger charge is 2.24. The summed E-state index contributed by atoms with van der Waals surface area (Å²) in [5, 5.41) is 0. The van der Waals surface area contributed by atoms with Crippen LogP contribution in [0.25, 0.3) is 0 Å². The molecule has 1 saturated heterocycles. The molecule has 1 fully saturated rings. The van der Waals surface area contributed by atoms with Crippen molar-refractivity contribution in [3.05, 3.63) is 23.3 Å². The summed E-state index contributed by atoms with van der Waals surface area (Å²) >= 11 is 1.98. The highest BCUT2D eigenvalue weighted by molar-refractivity contribution is 7.99. The number of thioether (sulfide) groups is 1. The smallest absolute Gasteiger partial charge is 0.146 e. The van der Waals surface area contributed by atoms with E-state index in [1.54, 1.807) is 0 Å². The average molecular weight is 266 g/mol. The second kappa shape index (κ2) is 5.99. The summed E-state index contributed by atoms with van der Waals surface area (Å²) in [6, 6.07) is 0.341. The van der Waals surface area contributed by atoms with Gasteiger partial charge < -0.3 is 5.73 Å². The Morgan fingerprint density at radius 2 is 2.33 bits per heavy atom. The van der Waals surface area contributed by atoms with Crippen LogP contribution in [0, 0.1) is 0 Å². The molecule has 1 aliphatic rings. The number of hydrogen-bond acceptors (Lipinski definition) is 5. The Hall–Kier alpha value is -0.650. The molecule has 0 aromatic carbocycles. The van der Waals surface area contributed by atoms with Crippen molar-refractivity contribution in [1.29, 1.82) is 0 Å². The average Bonchev–Trinajstić information content (AvgIpc) is 2.38. The Bertz CT molecular complexity index is 408. The SMILES string of the molecule is CC(C)c1nc(C2CSCCN2C)ncc1CN. The highest BCUT2D eigenvalue weighted by atomic mass is 32.2. The van der Waals surface area contributed by atoms with E-state index < -0.39 is 0 Å². The molecular formula is C13H22N4S. The predicted octanol–water partition coefficient (Wildman–Crippen LogP) is 1.78. The van der Waals surface area contributed by atoms with E-state index in [9.17, 15) is 0 Å². The van der Waals surface area contributed by atoms with Gasteiger partial charge in [-0.3, -0.25) is 4.90 Å². The lowest BCUT2D eigenvalue weighted by molar-refractivity contribution is 0.264. The van der Waals surface area contributed by atoms with Gasteiger partial charge in [0.2, 0.25) is 0 Å². The normalized spacial score (nSPS) is 21.5. The van der Waals surface area contributed by atoms with Crippen LogP contribution in [-0.2, 0) is 6.54 Å². The summed E-state index contributed by atoms with van der Waals surface area (Å²) < 4.78 is 0. The van der Waals surface area contributed by atoms with Gasteiger partial charge in [-0.25, -0.2) is 9.97 Å². The maximum absolute atomic E-state index is 5.75. The molecule has 0 spiro atoms. The quantitative estimate of drug-likeness (QED) is 0.904. The van der Waals surface area contributed by atoms with Crippen molar-refractivity contribution in [2.24, 2.45) is 5.73 Å². The molecule has 4 nitrogen and oxygen atoms in total. The van der Waals surface area contributed by atoms with Crippen LogP contribution in [0.3, 0.4) is 0 Å². The first kappa shape index (κ1) is 13.8. The van der Waals surface area contributed by atoms with Gasteiger partial charge in [-0.05, 0) is 13.0 Å². The predicted molar refractivity (Wildman–Crippen MR) is 76.7 cm³/mol. The van der Waals surface area contributed by atoms with Gasteiger partial charge in [0.05, 0.1) is 11.7 Å². The lowest BCUT2D eigenvalue weighted by Gasteiger charge is -2.31. The van der Waals surface area contributed by atoms with Crippen LogP contribution in [0.15, 0.2) is 6.20 Å². The second-order valence-corrected chi connectivity index (χ2v) is 6.22. The van der Waals surface area contributed by atoms with E-state index in [2.05, 4.69) is 30.8 Å². The third-order valence-electron chi connectivity index (χ3n) is 3.38. The van der Waals surface area contributed by atoms with Crippen molar-refractivity contribution in [1.82, 2.24) is 14.9 Å². The van der Waals surface area contributed by atoms with Crippen molar-refractivity contribution in [2.45, 2.75) is 32.4 Å². The topological polar surface area (TPSA) is 55.0 Å². The van der Waals surface area contributed by atoms with Crippen molar-refractivity contribution in [3.8, 4) is 0 Å². The van der Waals surface area contributed by atoms with Gasteiger partial charge in [-0.1, -0.05) is 13.8 Å². The van der Waals surface area contributed by atoms with E-state index in [1.807, 2.05) is 18.0 Å². The maximum atomic E-state index is 5.75. The van der Waals surface area contributed by atoms with E-state index in [0.717, 1.165) is 29.4 Å². The van der Waals surface area contributed by atoms with Gasteiger partial charge in [0.1, 0.15) is 5.82 Å². The third kappa shape index (κ3) is 2.84. The first-order chi connectivity index (χ1) is 8.63. The lowest BCUT2D eigenvalue weighted by Crippen LogP contribution is -2.34. The minimum absolute atomic E-state index is 0.341. The monoisotopic (exact) mass is 266 g/mol. The number of nitrogens with zero attached hydrogens (tertiary/aromatic N) is 3. The van der Waals surface area contributed by atoms with E-state index in [0.29, 0.717) is 18.5 Å². The molecule has 2 N–H and O–H groups in total. The molecule has 1 unspecified atom stereocenters. The fourth-order valence-corrected chi connectivity index (χ4v) is 3.42. The van der Waals surface area contributed by atoms with Crippen LogP contribution in [0.1, 0.15) is 42.9 Å². The summed E-state index contributed by atoms with van der Waals surface area (Å²) in [7, 11) is 2.15. The highest BCUT2D eigenvalue weighted by Crippen LogP contribution is 2.27. The Balaban J connectivity index is 2.30. The van der Waals surface area contributed by atoms with Crippen LogP contribution < -0.4 is 5.73 Å². The second-order valence-electron chi connectivity index (χ2n) is 5.07. The largest absolute Gasteiger partial charge is 0.326 e. The standard InChI is InChI=1S/C13H22N4S/c1-9(2)12-10(6-14)7-15-13(16-12)11-8-18-5-4-17(11)3/h7,9,11H,4-6,8,14H2,1-3H3. The molecule has 0 saturated carbocycles. The number of rotatable bonds is 3. The van der Waals surface area contributed by atoms with Crippen LogP contribution >= 0.6 is 11.8 Å². The molecule has 2 heterocycles. The zero-order valence-electron chi connectivity index (χ0n) is 11.4. The Morgan fingerprint density at radius 3 is 2.94 bits per heavy atom. The minimum Gasteiger partial charge on any atom is -0.326 e. The Morgan fingerprint density at radius 1 is 1.56 bits per heavy atom. The minimum atomic E-state index is 0.341. The van der Waals surface area contributed by atoms with E-state index >= 15 is 0 Å². The van der Waals surface area contributed by atoms with Crippen molar-refractivity contribution < 1.29 is 0 Å². The Kier molecular flexibility index (Phi) is 4.59. The molecule has 0 bridgehead atoms. The van der Waals surface area contributed by atoms with Gasteiger partial charge in [-0.2, -0.15) is 11.8 Å². The first-order valence-corrected chi connectivity index (χ1v) is 7.62. The zero-order chi connectivity index (χ0) is 13.1. The molecule has 1 atom stereocenters. The number of aromatic nitrogens is 2. The van der Waals surface area contributed by atoms with E-state index in [-0.39, 0.29) is 0 Å². The summed E-state index contributed by atoms with van der Waals surface area (Å²) in [4.78, 5) is 11.6. The molecule has 100 valence electrons. The summed E-state index contributed by atoms with van der Waals surface area (Å²) in [6.07, 6.45) is 1.91. The number of hydrogen-bond donors (Lipinski definition) is 1. The fourth-order valence-electron chi connectivity index (χ4n) is 2.21. The molecular weight excluding hydrogens is 244 g/mol. The fraction of sp³-hybridized carbons (Fsp3) is 0.692. The van der Waals surface area contributed by atoms with E-state index in [4.69, 9.17) is 10.7 Å². The van der Waals surface area contributed by atoms with Crippen LogP contribution in [0.4, 0.5) is 0 Å². The molecule has 0 radical (unpaired) electrons. The van der Waals surface area contributed by atoms with Crippen LogP contribution in [-0.4, -0.2) is 40.0 Å². The van der Waals surface area contributed by atoms with Crippen molar-refractivity contribution in [3.63, 3.8) is 0 Å². The molecule has 0 amide bonds. The van der Waals surface area contributed by atoms with Crippen molar-refractivity contribution >= 4 is 11.8 Å². The molecule has 2 rings (SSSR count). The zero-order valence-corrected chi connectivity index (χ0v) is 12.2. The first-order valence-electron chi connectivity index (χ1n) is 6.47.